The van der Waals surface area contributed by atoms with Gasteiger partial charge in [-0.15, -0.1) is 0 Å². The van der Waals surface area contributed by atoms with Crippen LogP contribution in [0, 0.1) is 0 Å². The van der Waals surface area contributed by atoms with Crippen LogP contribution in [0.1, 0.15) is 11.1 Å². The van der Waals surface area contributed by atoms with E-state index in [-0.39, 0.29) is 12.1 Å². The van der Waals surface area contributed by atoms with Crippen molar-refractivity contribution in [2.24, 2.45) is 11.5 Å². The van der Waals surface area contributed by atoms with Crippen molar-refractivity contribution in [1.82, 2.24) is 0 Å². The molecule has 0 aliphatic carbocycles. The van der Waals surface area contributed by atoms with Crippen molar-refractivity contribution in [3.8, 4) is 0 Å². The minimum Gasteiger partial charge on any atom is -0.377 e. The number of hydrogen-bond donors (Lipinski definition) is 2. The molecular formula is C22H32N2O3. The van der Waals surface area contributed by atoms with Gasteiger partial charge in [0.05, 0.1) is 39.6 Å². The summed E-state index contributed by atoms with van der Waals surface area (Å²) in [7, 11) is 0. The van der Waals surface area contributed by atoms with Gasteiger partial charge in [-0.2, -0.15) is 0 Å². The van der Waals surface area contributed by atoms with Gasteiger partial charge >= 0.3 is 0 Å². The second kappa shape index (κ2) is 13.4. The molecule has 0 spiro atoms. The van der Waals surface area contributed by atoms with Gasteiger partial charge in [0.15, 0.2) is 0 Å². The molecule has 0 saturated carbocycles. The van der Waals surface area contributed by atoms with Gasteiger partial charge in [0.25, 0.3) is 0 Å². The first-order valence-electron chi connectivity index (χ1n) is 9.56. The van der Waals surface area contributed by atoms with E-state index >= 15 is 0 Å². The minimum atomic E-state index is 0.00170. The van der Waals surface area contributed by atoms with Crippen LogP contribution in [-0.4, -0.2) is 51.7 Å². The topological polar surface area (TPSA) is 79.7 Å². The third-order valence-electron chi connectivity index (χ3n) is 4.09. The van der Waals surface area contributed by atoms with E-state index in [4.69, 9.17) is 25.7 Å². The molecule has 2 atom stereocenters. The van der Waals surface area contributed by atoms with Gasteiger partial charge in [0, 0.05) is 12.1 Å². The van der Waals surface area contributed by atoms with Crippen molar-refractivity contribution in [2.75, 3.05) is 39.6 Å². The Balaban J connectivity index is 1.39. The average Bonchev–Trinajstić information content (AvgIpc) is 2.68. The number of nitrogens with two attached hydrogens (primary N) is 2. The van der Waals surface area contributed by atoms with E-state index in [1.54, 1.807) is 0 Å². The molecule has 5 nitrogen and oxygen atoms in total. The van der Waals surface area contributed by atoms with Crippen molar-refractivity contribution < 1.29 is 14.2 Å². The summed E-state index contributed by atoms with van der Waals surface area (Å²) in [6, 6.07) is 20.4. The van der Waals surface area contributed by atoms with Crippen LogP contribution < -0.4 is 11.5 Å². The summed E-state index contributed by atoms with van der Waals surface area (Å²) >= 11 is 0. The highest BCUT2D eigenvalue weighted by Crippen LogP contribution is 2.03. The first-order chi connectivity index (χ1) is 13.2. The zero-order chi connectivity index (χ0) is 19.2. The predicted octanol–water partition coefficient (Wildman–Crippen LogP) is 2.18. The fraction of sp³-hybridized carbons (Fsp3) is 0.455. The normalized spacial score (nSPS) is 13.4. The molecule has 0 amide bonds. The van der Waals surface area contributed by atoms with Crippen molar-refractivity contribution in [3.05, 3.63) is 71.8 Å². The Hall–Kier alpha value is -1.76. The highest BCUT2D eigenvalue weighted by atomic mass is 16.5. The SMILES string of the molecule is N[C@H](COCCOCCOC[C@@H](N)Cc1ccccc1)Cc1ccccc1. The van der Waals surface area contributed by atoms with E-state index in [9.17, 15) is 0 Å². The summed E-state index contributed by atoms with van der Waals surface area (Å²) in [6.07, 6.45) is 1.64. The van der Waals surface area contributed by atoms with Crippen LogP contribution in [0.2, 0.25) is 0 Å². The highest BCUT2D eigenvalue weighted by molar-refractivity contribution is 5.16. The number of benzene rings is 2. The zero-order valence-electron chi connectivity index (χ0n) is 16.0. The summed E-state index contributed by atoms with van der Waals surface area (Å²) in [5.41, 5.74) is 14.6. The molecular weight excluding hydrogens is 340 g/mol. The van der Waals surface area contributed by atoms with Gasteiger partial charge < -0.3 is 25.7 Å². The van der Waals surface area contributed by atoms with Crippen molar-refractivity contribution >= 4 is 0 Å². The smallest absolute Gasteiger partial charge is 0.0701 e. The summed E-state index contributed by atoms with van der Waals surface area (Å²) in [4.78, 5) is 0. The van der Waals surface area contributed by atoms with Gasteiger partial charge in [-0.3, -0.25) is 0 Å². The lowest BCUT2D eigenvalue weighted by Gasteiger charge is -2.13. The Morgan fingerprint density at radius 1 is 0.556 bits per heavy atom. The Labute approximate surface area is 162 Å². The van der Waals surface area contributed by atoms with Gasteiger partial charge in [0.2, 0.25) is 0 Å². The number of rotatable bonds is 14. The molecule has 0 unspecified atom stereocenters. The van der Waals surface area contributed by atoms with E-state index in [2.05, 4.69) is 24.3 Å². The maximum absolute atomic E-state index is 6.07. The highest BCUT2D eigenvalue weighted by Gasteiger charge is 2.05. The lowest BCUT2D eigenvalue weighted by Crippen LogP contribution is -2.30. The molecule has 27 heavy (non-hydrogen) atoms. The molecule has 0 bridgehead atoms. The first-order valence-corrected chi connectivity index (χ1v) is 9.56. The van der Waals surface area contributed by atoms with E-state index in [0.29, 0.717) is 39.6 Å². The molecule has 0 fully saturated rings. The Morgan fingerprint density at radius 2 is 0.926 bits per heavy atom. The second-order valence-corrected chi connectivity index (χ2v) is 6.66. The van der Waals surface area contributed by atoms with E-state index in [1.807, 2.05) is 36.4 Å². The van der Waals surface area contributed by atoms with E-state index in [0.717, 1.165) is 12.8 Å². The van der Waals surface area contributed by atoms with Gasteiger partial charge in [-0.1, -0.05) is 60.7 Å². The molecule has 0 aliphatic rings. The molecule has 5 heteroatoms. The summed E-state index contributed by atoms with van der Waals surface area (Å²) in [5, 5.41) is 0. The summed E-state index contributed by atoms with van der Waals surface area (Å²) in [6.45, 7) is 3.22. The van der Waals surface area contributed by atoms with E-state index in [1.165, 1.54) is 11.1 Å². The molecule has 0 radical (unpaired) electrons. The minimum absolute atomic E-state index is 0.00170. The molecule has 2 aromatic rings. The average molecular weight is 373 g/mol. The van der Waals surface area contributed by atoms with Crippen LogP contribution in [0.5, 0.6) is 0 Å². The lowest BCUT2D eigenvalue weighted by molar-refractivity contribution is 0.00989. The quantitative estimate of drug-likeness (QED) is 0.497. The Bertz CT molecular complexity index is 542. The largest absolute Gasteiger partial charge is 0.377 e. The Kier molecular flexibility index (Phi) is 10.7. The molecule has 0 saturated heterocycles. The van der Waals surface area contributed by atoms with Crippen molar-refractivity contribution in [2.45, 2.75) is 24.9 Å². The molecule has 0 heterocycles. The van der Waals surface area contributed by atoms with Crippen LogP contribution in [0.25, 0.3) is 0 Å². The predicted molar refractivity (Wildman–Crippen MR) is 109 cm³/mol. The van der Waals surface area contributed by atoms with Crippen LogP contribution in [0.15, 0.2) is 60.7 Å². The summed E-state index contributed by atoms with van der Waals surface area (Å²) < 4.78 is 16.6. The lowest BCUT2D eigenvalue weighted by atomic mass is 10.1. The van der Waals surface area contributed by atoms with Gasteiger partial charge in [0.1, 0.15) is 0 Å². The molecule has 4 N–H and O–H groups in total. The molecule has 2 rings (SSSR count). The summed E-state index contributed by atoms with van der Waals surface area (Å²) in [5.74, 6) is 0. The monoisotopic (exact) mass is 372 g/mol. The number of ether oxygens (including phenoxy) is 3. The molecule has 148 valence electrons. The fourth-order valence-corrected chi connectivity index (χ4v) is 2.76. The standard InChI is InChI=1S/C22H32N2O3/c23-21(15-19-7-3-1-4-8-19)17-26-13-11-25-12-14-27-18-22(24)16-20-9-5-2-6-10-20/h1-10,21-22H,11-18,23-24H2/t21-,22-/m0/s1. The van der Waals surface area contributed by atoms with Crippen LogP contribution >= 0.6 is 0 Å². The van der Waals surface area contributed by atoms with Crippen molar-refractivity contribution in [3.63, 3.8) is 0 Å². The first kappa shape index (κ1) is 21.5. The third-order valence-corrected chi connectivity index (χ3v) is 4.09. The maximum Gasteiger partial charge on any atom is 0.0701 e. The van der Waals surface area contributed by atoms with Gasteiger partial charge in [-0.25, -0.2) is 0 Å². The molecule has 2 aromatic carbocycles. The molecule has 0 aliphatic heterocycles. The van der Waals surface area contributed by atoms with Crippen LogP contribution in [0.4, 0.5) is 0 Å². The second-order valence-electron chi connectivity index (χ2n) is 6.66. The van der Waals surface area contributed by atoms with Crippen LogP contribution in [0.3, 0.4) is 0 Å². The molecule has 0 aromatic heterocycles. The van der Waals surface area contributed by atoms with E-state index < -0.39 is 0 Å². The zero-order valence-corrected chi connectivity index (χ0v) is 16.0. The third kappa shape index (κ3) is 10.2. The fourth-order valence-electron chi connectivity index (χ4n) is 2.76. The van der Waals surface area contributed by atoms with Gasteiger partial charge in [-0.05, 0) is 24.0 Å². The van der Waals surface area contributed by atoms with Crippen molar-refractivity contribution in [1.29, 1.82) is 0 Å². The Morgan fingerprint density at radius 3 is 1.33 bits per heavy atom. The number of hydrogen-bond acceptors (Lipinski definition) is 5. The maximum atomic E-state index is 6.07. The van der Waals surface area contributed by atoms with Crippen LogP contribution in [-0.2, 0) is 27.1 Å².